The number of hydrogen-bond acceptors (Lipinski definition) is 4. The number of piperidine rings is 1. The third-order valence-electron chi connectivity index (χ3n) is 3.79. The second-order valence-corrected chi connectivity index (χ2v) is 5.44. The zero-order valence-corrected chi connectivity index (χ0v) is 11.9. The van der Waals surface area contributed by atoms with Crippen molar-refractivity contribution in [3.8, 4) is 0 Å². The Morgan fingerprint density at radius 3 is 2.64 bits per heavy atom. The van der Waals surface area contributed by atoms with E-state index < -0.39 is 24.6 Å². The molecular weight excluding hydrogens is 299 g/mol. The number of nitrogens with one attached hydrogen (secondary N) is 1. The highest BCUT2D eigenvalue weighted by Gasteiger charge is 2.54. The Morgan fingerprint density at radius 1 is 1.41 bits per heavy atom. The van der Waals surface area contributed by atoms with Gasteiger partial charge in [0.15, 0.2) is 5.60 Å². The van der Waals surface area contributed by atoms with Gasteiger partial charge in [-0.05, 0) is 24.5 Å². The smallest absolute Gasteiger partial charge is 0.380 e. The van der Waals surface area contributed by atoms with Crippen LogP contribution in [0.25, 0.3) is 0 Å². The molecule has 1 aliphatic heterocycles. The normalized spacial score (nSPS) is 18.9. The first-order chi connectivity index (χ1) is 10.3. The fourth-order valence-corrected chi connectivity index (χ4v) is 2.33. The van der Waals surface area contributed by atoms with E-state index >= 15 is 0 Å². The number of aromatic nitrogens is 1. The second kappa shape index (κ2) is 6.62. The minimum atomic E-state index is -4.62. The fraction of sp³-hybridized carbons (Fsp3) is 0.571. The average molecular weight is 317 g/mol. The maximum absolute atomic E-state index is 12.7. The number of amides is 1. The van der Waals surface area contributed by atoms with E-state index in [1.54, 1.807) is 23.4 Å². The van der Waals surface area contributed by atoms with Crippen LogP contribution in [-0.2, 0) is 11.3 Å². The maximum atomic E-state index is 12.7. The second-order valence-electron chi connectivity index (χ2n) is 5.44. The summed E-state index contributed by atoms with van der Waals surface area (Å²) in [5, 5.41) is 12.2. The summed E-state index contributed by atoms with van der Waals surface area (Å²) in [5.41, 5.74) is -1.78. The van der Waals surface area contributed by atoms with Crippen molar-refractivity contribution in [3.05, 3.63) is 30.1 Å². The highest BCUT2D eigenvalue weighted by molar-refractivity contribution is 5.78. The first-order valence-corrected chi connectivity index (χ1v) is 6.97. The maximum Gasteiger partial charge on any atom is 0.417 e. The summed E-state index contributed by atoms with van der Waals surface area (Å²) in [6.07, 6.45) is -2.19. The standard InChI is InChI=1S/C14H18F3N3O2/c15-14(16,17)13(22)3-6-20(7-4-13)10-12(21)19-9-11-2-1-5-18-8-11/h1-2,5,8,22H,3-4,6-7,9-10H2,(H,19,21). The summed E-state index contributed by atoms with van der Waals surface area (Å²) in [6.45, 7) is 0.424. The van der Waals surface area contributed by atoms with Gasteiger partial charge in [-0.2, -0.15) is 13.2 Å². The van der Waals surface area contributed by atoms with Gasteiger partial charge in [0.1, 0.15) is 0 Å². The molecule has 0 spiro atoms. The first kappa shape index (κ1) is 16.7. The predicted octanol–water partition coefficient (Wildman–Crippen LogP) is 1.09. The monoisotopic (exact) mass is 317 g/mol. The van der Waals surface area contributed by atoms with E-state index in [0.29, 0.717) is 6.54 Å². The molecule has 2 N–H and O–H groups in total. The van der Waals surface area contributed by atoms with Crippen molar-refractivity contribution in [1.82, 2.24) is 15.2 Å². The van der Waals surface area contributed by atoms with Crippen LogP contribution in [0.3, 0.4) is 0 Å². The summed E-state index contributed by atoms with van der Waals surface area (Å²) in [7, 11) is 0. The molecule has 0 saturated carbocycles. The molecule has 5 nitrogen and oxygen atoms in total. The predicted molar refractivity (Wildman–Crippen MR) is 72.8 cm³/mol. The number of aliphatic hydroxyl groups is 1. The lowest BCUT2D eigenvalue weighted by atomic mass is 9.91. The Balaban J connectivity index is 1.75. The van der Waals surface area contributed by atoms with Crippen LogP contribution in [0.2, 0.25) is 0 Å². The minimum Gasteiger partial charge on any atom is -0.380 e. The molecule has 1 aromatic rings. The Morgan fingerprint density at radius 2 is 2.09 bits per heavy atom. The van der Waals surface area contributed by atoms with Gasteiger partial charge < -0.3 is 10.4 Å². The van der Waals surface area contributed by atoms with Crippen molar-refractivity contribution >= 4 is 5.91 Å². The summed E-state index contributed by atoms with van der Waals surface area (Å²) in [5.74, 6) is -0.263. The largest absolute Gasteiger partial charge is 0.417 e. The minimum absolute atomic E-state index is 0.0220. The topological polar surface area (TPSA) is 65.5 Å². The van der Waals surface area contributed by atoms with E-state index in [-0.39, 0.29) is 25.5 Å². The third kappa shape index (κ3) is 4.17. The number of likely N-dealkylation sites (tertiary alicyclic amines) is 1. The molecule has 0 atom stereocenters. The van der Waals surface area contributed by atoms with Crippen LogP contribution in [-0.4, -0.2) is 52.3 Å². The van der Waals surface area contributed by atoms with Crippen LogP contribution in [0.4, 0.5) is 13.2 Å². The van der Waals surface area contributed by atoms with Crippen molar-refractivity contribution in [2.24, 2.45) is 0 Å². The molecule has 1 saturated heterocycles. The molecule has 0 unspecified atom stereocenters. The molecule has 0 bridgehead atoms. The van der Waals surface area contributed by atoms with Crippen molar-refractivity contribution in [2.75, 3.05) is 19.6 Å². The average Bonchev–Trinajstić information content (AvgIpc) is 2.48. The third-order valence-corrected chi connectivity index (χ3v) is 3.79. The van der Waals surface area contributed by atoms with Crippen molar-refractivity contribution < 1.29 is 23.1 Å². The van der Waals surface area contributed by atoms with E-state index in [1.165, 1.54) is 0 Å². The lowest BCUT2D eigenvalue weighted by Crippen LogP contribution is -2.54. The molecule has 2 heterocycles. The number of alkyl halides is 3. The molecule has 1 amide bonds. The number of hydrogen-bond donors (Lipinski definition) is 2. The van der Waals surface area contributed by atoms with E-state index in [9.17, 15) is 23.1 Å². The van der Waals surface area contributed by atoms with Gasteiger partial charge in [-0.3, -0.25) is 14.7 Å². The van der Waals surface area contributed by atoms with Crippen LogP contribution in [0.15, 0.2) is 24.5 Å². The molecule has 122 valence electrons. The summed E-state index contributed by atoms with van der Waals surface area (Å²) >= 11 is 0. The Hall–Kier alpha value is -1.67. The van der Waals surface area contributed by atoms with Crippen molar-refractivity contribution in [2.45, 2.75) is 31.2 Å². The molecule has 0 aromatic carbocycles. The quantitative estimate of drug-likeness (QED) is 0.872. The fourth-order valence-electron chi connectivity index (χ4n) is 2.33. The first-order valence-electron chi connectivity index (χ1n) is 6.97. The SMILES string of the molecule is O=C(CN1CCC(O)(C(F)(F)F)CC1)NCc1cccnc1. The summed E-state index contributed by atoms with van der Waals surface area (Å²) < 4.78 is 38.0. The number of carbonyl (C=O) groups is 1. The van der Waals surface area contributed by atoms with Gasteiger partial charge in [0.05, 0.1) is 6.54 Å². The Labute approximate surface area is 126 Å². The van der Waals surface area contributed by atoms with Crippen molar-refractivity contribution in [3.63, 3.8) is 0 Å². The molecular formula is C14H18F3N3O2. The zero-order valence-electron chi connectivity index (χ0n) is 11.9. The molecule has 1 aromatic heterocycles. The van der Waals surface area contributed by atoms with Crippen LogP contribution >= 0.6 is 0 Å². The molecule has 8 heteroatoms. The van der Waals surface area contributed by atoms with E-state index in [1.807, 2.05) is 6.07 Å². The summed E-state index contributed by atoms with van der Waals surface area (Å²) in [4.78, 5) is 17.3. The number of carbonyl (C=O) groups excluding carboxylic acids is 1. The summed E-state index contributed by atoms with van der Waals surface area (Å²) in [6, 6.07) is 3.57. The van der Waals surface area contributed by atoms with Gasteiger partial charge in [0, 0.05) is 32.0 Å². The molecule has 22 heavy (non-hydrogen) atoms. The van der Waals surface area contributed by atoms with Crippen LogP contribution < -0.4 is 5.32 Å². The van der Waals surface area contributed by atoms with Crippen molar-refractivity contribution in [1.29, 1.82) is 0 Å². The molecule has 1 aliphatic rings. The number of nitrogens with zero attached hydrogens (tertiary/aromatic N) is 2. The van der Waals surface area contributed by atoms with E-state index in [4.69, 9.17) is 0 Å². The lowest BCUT2D eigenvalue weighted by Gasteiger charge is -2.38. The van der Waals surface area contributed by atoms with Gasteiger partial charge in [-0.15, -0.1) is 0 Å². The Bertz CT molecular complexity index is 500. The van der Waals surface area contributed by atoms with Gasteiger partial charge >= 0.3 is 6.18 Å². The van der Waals surface area contributed by atoms with Gasteiger partial charge in [0.25, 0.3) is 0 Å². The molecule has 1 fully saturated rings. The van der Waals surface area contributed by atoms with Gasteiger partial charge in [-0.1, -0.05) is 6.07 Å². The van der Waals surface area contributed by atoms with E-state index in [0.717, 1.165) is 5.56 Å². The number of rotatable bonds is 4. The molecule has 2 rings (SSSR count). The highest BCUT2D eigenvalue weighted by atomic mass is 19.4. The van der Waals surface area contributed by atoms with Gasteiger partial charge in [0.2, 0.25) is 5.91 Å². The molecule has 0 radical (unpaired) electrons. The van der Waals surface area contributed by atoms with Crippen LogP contribution in [0.5, 0.6) is 0 Å². The van der Waals surface area contributed by atoms with Crippen LogP contribution in [0, 0.1) is 0 Å². The van der Waals surface area contributed by atoms with Gasteiger partial charge in [-0.25, -0.2) is 0 Å². The number of halogens is 3. The number of pyridine rings is 1. The van der Waals surface area contributed by atoms with Crippen LogP contribution in [0.1, 0.15) is 18.4 Å². The zero-order chi connectivity index (χ0) is 16.2. The Kier molecular flexibility index (Phi) is 5.02. The highest BCUT2D eigenvalue weighted by Crippen LogP contribution is 2.38. The molecule has 0 aliphatic carbocycles. The lowest BCUT2D eigenvalue weighted by molar-refractivity contribution is -0.272. The van der Waals surface area contributed by atoms with E-state index in [2.05, 4.69) is 10.3 Å².